The van der Waals surface area contributed by atoms with Gasteiger partial charge in [-0.3, -0.25) is 0 Å². The summed E-state index contributed by atoms with van der Waals surface area (Å²) in [6.07, 6.45) is 4.43. The molecule has 0 saturated carbocycles. The average Bonchev–Trinajstić information content (AvgIpc) is 2.85. The number of aliphatic hydroxyl groups excluding tert-OH is 1. The number of aliphatic hydroxyl groups is 1. The number of rotatable bonds is 6. The predicted octanol–water partition coefficient (Wildman–Crippen LogP) is 3.06. The Hall–Kier alpha value is -0.860. The molecule has 0 heterocycles. The molecule has 100 valence electrons. The quantitative estimate of drug-likeness (QED) is 0.809. The molecule has 2 heteroatoms. The Morgan fingerprint density at radius 1 is 1.28 bits per heavy atom. The molecule has 2 nitrogen and oxygen atoms in total. The molecule has 1 aliphatic carbocycles. The van der Waals surface area contributed by atoms with Gasteiger partial charge in [0.05, 0.1) is 0 Å². The Morgan fingerprint density at radius 3 is 2.67 bits per heavy atom. The topological polar surface area (TPSA) is 32.3 Å². The van der Waals surface area contributed by atoms with Crippen LogP contribution < -0.4 is 5.32 Å². The Morgan fingerprint density at radius 2 is 2.00 bits per heavy atom. The molecule has 1 aromatic carbocycles. The molecule has 0 bridgehead atoms. The number of fused-ring (bicyclic) bond motifs is 1. The summed E-state index contributed by atoms with van der Waals surface area (Å²) in [5.41, 5.74) is 2.99. The molecule has 18 heavy (non-hydrogen) atoms. The summed E-state index contributed by atoms with van der Waals surface area (Å²) in [7, 11) is 0. The molecule has 0 spiro atoms. The molecule has 0 amide bonds. The van der Waals surface area contributed by atoms with E-state index in [1.165, 1.54) is 24.0 Å². The third-order valence-corrected chi connectivity index (χ3v) is 4.69. The molecular formula is C16H25NO. The standard InChI is InChI=1S/C16H25NO/c1-3-16(4-2,12-18)11-17-15-10-9-13-7-5-6-8-14(13)15/h5-8,15,17-18H,3-4,9-12H2,1-2H3. The van der Waals surface area contributed by atoms with Crippen molar-refractivity contribution in [2.24, 2.45) is 5.41 Å². The van der Waals surface area contributed by atoms with Crippen molar-refractivity contribution in [3.63, 3.8) is 0 Å². The van der Waals surface area contributed by atoms with Gasteiger partial charge >= 0.3 is 0 Å². The molecule has 1 atom stereocenters. The second-order valence-corrected chi connectivity index (χ2v) is 5.54. The fourth-order valence-electron chi connectivity index (χ4n) is 2.89. The lowest BCUT2D eigenvalue weighted by Gasteiger charge is -2.31. The largest absolute Gasteiger partial charge is 0.396 e. The zero-order valence-corrected chi connectivity index (χ0v) is 11.6. The highest BCUT2D eigenvalue weighted by Crippen LogP contribution is 2.32. The number of benzene rings is 1. The lowest BCUT2D eigenvalue weighted by atomic mass is 9.83. The first-order chi connectivity index (χ1) is 8.74. The fourth-order valence-corrected chi connectivity index (χ4v) is 2.89. The van der Waals surface area contributed by atoms with Crippen LogP contribution in [0.5, 0.6) is 0 Å². The van der Waals surface area contributed by atoms with Crippen LogP contribution in [0.4, 0.5) is 0 Å². The van der Waals surface area contributed by atoms with E-state index in [1.54, 1.807) is 0 Å². The van der Waals surface area contributed by atoms with Gasteiger partial charge in [0.15, 0.2) is 0 Å². The van der Waals surface area contributed by atoms with Crippen molar-refractivity contribution in [2.45, 2.75) is 45.6 Å². The summed E-state index contributed by atoms with van der Waals surface area (Å²) in [5.74, 6) is 0. The summed E-state index contributed by atoms with van der Waals surface area (Å²) in [6.45, 7) is 5.53. The smallest absolute Gasteiger partial charge is 0.0499 e. The molecular weight excluding hydrogens is 222 g/mol. The zero-order valence-electron chi connectivity index (χ0n) is 11.6. The maximum Gasteiger partial charge on any atom is 0.0499 e. The van der Waals surface area contributed by atoms with Crippen molar-refractivity contribution in [3.8, 4) is 0 Å². The van der Waals surface area contributed by atoms with Gasteiger partial charge in [-0.25, -0.2) is 0 Å². The van der Waals surface area contributed by atoms with E-state index in [0.717, 1.165) is 19.4 Å². The van der Waals surface area contributed by atoms with E-state index >= 15 is 0 Å². The predicted molar refractivity (Wildman–Crippen MR) is 75.6 cm³/mol. The van der Waals surface area contributed by atoms with Crippen LogP contribution >= 0.6 is 0 Å². The van der Waals surface area contributed by atoms with E-state index in [2.05, 4.69) is 43.4 Å². The number of nitrogens with one attached hydrogen (secondary N) is 1. The molecule has 2 rings (SSSR count). The van der Waals surface area contributed by atoms with Crippen LogP contribution in [0.3, 0.4) is 0 Å². The van der Waals surface area contributed by atoms with Crippen LogP contribution in [0, 0.1) is 5.41 Å². The number of hydrogen-bond donors (Lipinski definition) is 2. The van der Waals surface area contributed by atoms with Crippen molar-refractivity contribution in [2.75, 3.05) is 13.2 Å². The van der Waals surface area contributed by atoms with Gasteiger partial charge in [0, 0.05) is 24.6 Å². The molecule has 1 unspecified atom stereocenters. The van der Waals surface area contributed by atoms with Crippen LogP contribution in [0.25, 0.3) is 0 Å². The second-order valence-electron chi connectivity index (χ2n) is 5.54. The van der Waals surface area contributed by atoms with E-state index in [4.69, 9.17) is 0 Å². The van der Waals surface area contributed by atoms with Gasteiger partial charge in [-0.1, -0.05) is 38.1 Å². The molecule has 1 aliphatic rings. The van der Waals surface area contributed by atoms with Crippen molar-refractivity contribution in [1.29, 1.82) is 0 Å². The lowest BCUT2D eigenvalue weighted by Crippen LogP contribution is -2.37. The van der Waals surface area contributed by atoms with Crippen molar-refractivity contribution >= 4 is 0 Å². The third-order valence-electron chi connectivity index (χ3n) is 4.69. The van der Waals surface area contributed by atoms with Gasteiger partial charge in [0.2, 0.25) is 0 Å². The molecule has 0 aromatic heterocycles. The van der Waals surface area contributed by atoms with Gasteiger partial charge < -0.3 is 10.4 Å². The summed E-state index contributed by atoms with van der Waals surface area (Å²) in [4.78, 5) is 0. The minimum atomic E-state index is 0.0531. The highest BCUT2D eigenvalue weighted by Gasteiger charge is 2.28. The van der Waals surface area contributed by atoms with Gasteiger partial charge in [-0.15, -0.1) is 0 Å². The molecule has 0 aliphatic heterocycles. The normalized spacial score (nSPS) is 18.9. The van der Waals surface area contributed by atoms with Gasteiger partial charge in [-0.2, -0.15) is 0 Å². The average molecular weight is 247 g/mol. The van der Waals surface area contributed by atoms with Gasteiger partial charge in [-0.05, 0) is 36.8 Å². The number of hydrogen-bond acceptors (Lipinski definition) is 2. The van der Waals surface area contributed by atoms with Crippen LogP contribution in [0.1, 0.15) is 50.3 Å². The second kappa shape index (κ2) is 5.85. The lowest BCUT2D eigenvalue weighted by molar-refractivity contribution is 0.109. The molecule has 1 aromatic rings. The van der Waals surface area contributed by atoms with Crippen LogP contribution in [-0.2, 0) is 6.42 Å². The first-order valence-electron chi connectivity index (χ1n) is 7.16. The van der Waals surface area contributed by atoms with Crippen molar-refractivity contribution < 1.29 is 5.11 Å². The minimum Gasteiger partial charge on any atom is -0.396 e. The molecule has 0 saturated heterocycles. The third kappa shape index (κ3) is 2.60. The van der Waals surface area contributed by atoms with Crippen LogP contribution in [0.15, 0.2) is 24.3 Å². The summed E-state index contributed by atoms with van der Waals surface area (Å²) >= 11 is 0. The maximum absolute atomic E-state index is 9.61. The highest BCUT2D eigenvalue weighted by atomic mass is 16.3. The maximum atomic E-state index is 9.61. The van der Waals surface area contributed by atoms with Crippen molar-refractivity contribution in [1.82, 2.24) is 5.32 Å². The fraction of sp³-hybridized carbons (Fsp3) is 0.625. The van der Waals surface area contributed by atoms with E-state index in [-0.39, 0.29) is 12.0 Å². The van der Waals surface area contributed by atoms with Gasteiger partial charge in [0.25, 0.3) is 0 Å². The number of aryl methyl sites for hydroxylation is 1. The Kier molecular flexibility index (Phi) is 4.41. The van der Waals surface area contributed by atoms with E-state index < -0.39 is 0 Å². The first-order valence-corrected chi connectivity index (χ1v) is 7.16. The van der Waals surface area contributed by atoms with Crippen molar-refractivity contribution in [3.05, 3.63) is 35.4 Å². The first kappa shape index (κ1) is 13.6. The Bertz CT molecular complexity index is 376. The molecule has 2 N–H and O–H groups in total. The summed E-state index contributed by atoms with van der Waals surface area (Å²) < 4.78 is 0. The summed E-state index contributed by atoms with van der Waals surface area (Å²) in [6, 6.07) is 9.19. The highest BCUT2D eigenvalue weighted by molar-refractivity contribution is 5.34. The van der Waals surface area contributed by atoms with E-state index in [0.29, 0.717) is 6.04 Å². The van der Waals surface area contributed by atoms with E-state index in [9.17, 15) is 5.11 Å². The zero-order chi connectivity index (χ0) is 13.0. The SMILES string of the molecule is CCC(CC)(CO)CNC1CCc2ccccc21. The Labute approximate surface area is 110 Å². The minimum absolute atomic E-state index is 0.0531. The van der Waals surface area contributed by atoms with E-state index in [1.807, 2.05) is 0 Å². The van der Waals surface area contributed by atoms with Gasteiger partial charge in [0.1, 0.15) is 0 Å². The molecule has 0 fully saturated rings. The molecule has 0 radical (unpaired) electrons. The monoisotopic (exact) mass is 247 g/mol. The van der Waals surface area contributed by atoms with Crippen LogP contribution in [-0.4, -0.2) is 18.3 Å². The summed E-state index contributed by atoms with van der Waals surface area (Å²) in [5, 5.41) is 13.3. The van der Waals surface area contributed by atoms with Crippen LogP contribution in [0.2, 0.25) is 0 Å². The Balaban J connectivity index is 2.00.